The zero-order chi connectivity index (χ0) is 19.5. The minimum atomic E-state index is -0.322. The second-order valence-corrected chi connectivity index (χ2v) is 6.18. The van der Waals surface area contributed by atoms with E-state index in [1.54, 1.807) is 18.5 Å². The smallest absolute Gasteiger partial charge is 0.321 e. The maximum atomic E-state index is 11.9. The van der Waals surface area contributed by atoms with Gasteiger partial charge in [-0.25, -0.2) is 14.8 Å². The third kappa shape index (κ3) is 3.48. The lowest BCUT2D eigenvalue weighted by Gasteiger charge is -2.07. The minimum absolute atomic E-state index is 0.322. The molecule has 5 N–H and O–H groups in total. The molecule has 3 heterocycles. The van der Waals surface area contributed by atoms with Crippen LogP contribution >= 0.6 is 0 Å². The van der Waals surface area contributed by atoms with E-state index in [2.05, 4.69) is 30.6 Å². The molecule has 0 bridgehead atoms. The van der Waals surface area contributed by atoms with E-state index < -0.39 is 0 Å². The van der Waals surface area contributed by atoms with Gasteiger partial charge in [0.05, 0.1) is 16.7 Å². The Kier molecular flexibility index (Phi) is 4.59. The highest BCUT2D eigenvalue weighted by Gasteiger charge is 2.14. The Morgan fingerprint density at radius 3 is 2.79 bits per heavy atom. The summed E-state index contributed by atoms with van der Waals surface area (Å²) in [6.07, 6.45) is 3.52. The molecule has 0 radical (unpaired) electrons. The van der Waals surface area contributed by atoms with Crippen molar-refractivity contribution < 1.29 is 4.79 Å². The molecule has 0 aliphatic rings. The molecule has 0 aliphatic carbocycles. The van der Waals surface area contributed by atoms with Crippen LogP contribution in [0.1, 0.15) is 6.92 Å². The molecule has 0 saturated carbocycles. The number of nitrogens with zero attached hydrogens (tertiary/aromatic N) is 3. The van der Waals surface area contributed by atoms with Crippen molar-refractivity contribution in [1.29, 1.82) is 0 Å². The molecule has 8 nitrogen and oxygen atoms in total. The van der Waals surface area contributed by atoms with Crippen LogP contribution in [-0.2, 0) is 0 Å². The number of benzene rings is 1. The van der Waals surface area contributed by atoms with Crippen molar-refractivity contribution in [3.63, 3.8) is 0 Å². The monoisotopic (exact) mass is 373 g/mol. The number of hydrogen-bond acceptors (Lipinski definition) is 5. The van der Waals surface area contributed by atoms with E-state index in [1.165, 1.54) is 0 Å². The molecule has 2 amide bonds. The van der Waals surface area contributed by atoms with E-state index in [1.807, 2.05) is 43.3 Å². The number of carbonyl (C=O) groups excluding carboxylic acids is 1. The number of amides is 2. The molecule has 1 aromatic carbocycles. The predicted octanol–water partition coefficient (Wildman–Crippen LogP) is 3.41. The van der Waals surface area contributed by atoms with Crippen LogP contribution < -0.4 is 16.4 Å². The third-order valence-corrected chi connectivity index (χ3v) is 4.20. The van der Waals surface area contributed by atoms with Crippen molar-refractivity contribution in [2.24, 2.45) is 0 Å². The number of fused-ring (bicyclic) bond motifs is 1. The Morgan fingerprint density at radius 1 is 1.14 bits per heavy atom. The fraction of sp³-hybridized carbons (Fsp3) is 0.100. The lowest BCUT2D eigenvalue weighted by molar-refractivity contribution is 0.252. The quantitative estimate of drug-likeness (QED) is 0.437. The van der Waals surface area contributed by atoms with Crippen molar-refractivity contribution in [1.82, 2.24) is 25.3 Å². The van der Waals surface area contributed by atoms with Crippen LogP contribution in [0.5, 0.6) is 0 Å². The summed E-state index contributed by atoms with van der Waals surface area (Å²) < 4.78 is 0. The summed E-state index contributed by atoms with van der Waals surface area (Å²) >= 11 is 0. The van der Waals surface area contributed by atoms with Gasteiger partial charge in [0.1, 0.15) is 5.82 Å². The lowest BCUT2D eigenvalue weighted by Crippen LogP contribution is -2.28. The second kappa shape index (κ2) is 7.36. The number of nitrogens with one attached hydrogen (secondary N) is 3. The van der Waals surface area contributed by atoms with Crippen LogP contribution in [0.2, 0.25) is 0 Å². The summed E-state index contributed by atoms with van der Waals surface area (Å²) in [6.45, 7) is 2.37. The fourth-order valence-corrected chi connectivity index (χ4v) is 2.99. The van der Waals surface area contributed by atoms with Gasteiger partial charge in [0.2, 0.25) is 5.95 Å². The third-order valence-electron chi connectivity index (χ3n) is 4.20. The Hall–Kier alpha value is -3.94. The van der Waals surface area contributed by atoms with Gasteiger partial charge < -0.3 is 16.0 Å². The number of anilines is 2. The molecule has 0 atom stereocenters. The standard InChI is InChI=1S/C20H19N7O/c1-2-23-20(28)27-19-25-16-10-13(12-5-4-8-22-11-12)9-14(18(16)26-19)15-6-3-7-17(21)24-15/h3-11H,2H2,1H3,(H2,21,24)(H3,23,25,26,27,28). The topological polar surface area (TPSA) is 122 Å². The first-order valence-corrected chi connectivity index (χ1v) is 8.86. The van der Waals surface area contributed by atoms with Gasteiger partial charge in [0.15, 0.2) is 0 Å². The minimum Gasteiger partial charge on any atom is -0.384 e. The second-order valence-electron chi connectivity index (χ2n) is 6.18. The van der Waals surface area contributed by atoms with Crippen LogP contribution in [0.15, 0.2) is 54.9 Å². The number of imidazole rings is 1. The number of aromatic nitrogens is 4. The van der Waals surface area contributed by atoms with Gasteiger partial charge in [-0.15, -0.1) is 0 Å². The van der Waals surface area contributed by atoms with Crippen molar-refractivity contribution in [2.75, 3.05) is 17.6 Å². The molecule has 0 spiro atoms. The van der Waals surface area contributed by atoms with Crippen LogP contribution in [0.3, 0.4) is 0 Å². The van der Waals surface area contributed by atoms with Gasteiger partial charge in [-0.2, -0.15) is 0 Å². The van der Waals surface area contributed by atoms with Crippen LogP contribution in [-0.4, -0.2) is 32.5 Å². The SMILES string of the molecule is CCNC(=O)Nc1nc2cc(-c3cccnc3)cc(-c3cccc(N)n3)c2[nH]1. The molecule has 0 fully saturated rings. The number of aromatic amines is 1. The summed E-state index contributed by atoms with van der Waals surface area (Å²) in [5.41, 5.74) is 10.8. The molecule has 140 valence electrons. The van der Waals surface area contributed by atoms with Gasteiger partial charge in [-0.05, 0) is 42.8 Å². The van der Waals surface area contributed by atoms with Crippen LogP contribution in [0, 0.1) is 0 Å². The fourth-order valence-electron chi connectivity index (χ4n) is 2.99. The highest BCUT2D eigenvalue weighted by molar-refractivity contribution is 5.98. The highest BCUT2D eigenvalue weighted by Crippen LogP contribution is 2.33. The highest BCUT2D eigenvalue weighted by atomic mass is 16.2. The van der Waals surface area contributed by atoms with Gasteiger partial charge in [-0.1, -0.05) is 12.1 Å². The predicted molar refractivity (Wildman–Crippen MR) is 110 cm³/mol. The van der Waals surface area contributed by atoms with E-state index in [0.29, 0.717) is 29.5 Å². The zero-order valence-corrected chi connectivity index (χ0v) is 15.2. The molecule has 4 aromatic rings. The number of urea groups is 1. The Labute approximate surface area is 161 Å². The van der Waals surface area contributed by atoms with Gasteiger partial charge in [-0.3, -0.25) is 10.3 Å². The molecular formula is C20H19N7O. The van der Waals surface area contributed by atoms with Crippen molar-refractivity contribution >= 4 is 28.8 Å². The molecule has 4 rings (SSSR count). The normalized spacial score (nSPS) is 10.8. The molecule has 0 saturated heterocycles. The summed E-state index contributed by atoms with van der Waals surface area (Å²) in [4.78, 5) is 28.2. The number of hydrogen-bond donors (Lipinski definition) is 4. The Balaban J connectivity index is 1.88. The van der Waals surface area contributed by atoms with Crippen molar-refractivity contribution in [3.8, 4) is 22.4 Å². The van der Waals surface area contributed by atoms with Crippen molar-refractivity contribution in [2.45, 2.75) is 6.92 Å². The number of rotatable bonds is 4. The van der Waals surface area contributed by atoms with Gasteiger partial charge in [0, 0.05) is 30.1 Å². The van der Waals surface area contributed by atoms with Gasteiger partial charge >= 0.3 is 6.03 Å². The molecule has 0 unspecified atom stereocenters. The van der Waals surface area contributed by atoms with Crippen LogP contribution in [0.25, 0.3) is 33.4 Å². The maximum Gasteiger partial charge on any atom is 0.321 e. The first kappa shape index (κ1) is 17.5. The van der Waals surface area contributed by atoms with E-state index in [9.17, 15) is 4.79 Å². The average molecular weight is 373 g/mol. The summed E-state index contributed by atoms with van der Waals surface area (Å²) in [6, 6.07) is 13.0. The van der Waals surface area contributed by atoms with E-state index in [0.717, 1.165) is 22.2 Å². The number of H-pyrrole nitrogens is 1. The summed E-state index contributed by atoms with van der Waals surface area (Å²) in [5.74, 6) is 0.784. The zero-order valence-electron chi connectivity index (χ0n) is 15.2. The largest absolute Gasteiger partial charge is 0.384 e. The molecule has 3 aromatic heterocycles. The van der Waals surface area contributed by atoms with Gasteiger partial charge in [0.25, 0.3) is 0 Å². The maximum absolute atomic E-state index is 11.9. The van der Waals surface area contributed by atoms with E-state index >= 15 is 0 Å². The first-order chi connectivity index (χ1) is 13.6. The summed E-state index contributed by atoms with van der Waals surface area (Å²) in [7, 11) is 0. The Bertz CT molecular complexity index is 1140. The molecule has 28 heavy (non-hydrogen) atoms. The molecule has 8 heteroatoms. The van der Waals surface area contributed by atoms with Crippen molar-refractivity contribution in [3.05, 3.63) is 54.9 Å². The number of carbonyl (C=O) groups is 1. The van der Waals surface area contributed by atoms with E-state index in [4.69, 9.17) is 5.73 Å². The van der Waals surface area contributed by atoms with Crippen LogP contribution in [0.4, 0.5) is 16.6 Å². The Morgan fingerprint density at radius 2 is 2.04 bits per heavy atom. The average Bonchev–Trinajstić information content (AvgIpc) is 3.10. The molecular weight excluding hydrogens is 354 g/mol. The summed E-state index contributed by atoms with van der Waals surface area (Å²) in [5, 5.41) is 5.39. The molecule has 0 aliphatic heterocycles. The number of pyridine rings is 2. The first-order valence-electron chi connectivity index (χ1n) is 8.86. The number of nitrogens with two attached hydrogens (primary N) is 1. The van der Waals surface area contributed by atoms with E-state index in [-0.39, 0.29) is 6.03 Å². The lowest BCUT2D eigenvalue weighted by atomic mass is 10.0. The number of nitrogen functional groups attached to an aromatic ring is 1.